The quantitative estimate of drug-likeness (QED) is 0.718. The first-order valence-corrected chi connectivity index (χ1v) is 8.38. The zero-order valence-electron chi connectivity index (χ0n) is 12.8. The molecule has 0 amide bonds. The number of aromatic nitrogens is 1. The van der Waals surface area contributed by atoms with Gasteiger partial charge in [-0.3, -0.25) is 0 Å². The van der Waals surface area contributed by atoms with Gasteiger partial charge in [0, 0.05) is 13.0 Å². The Kier molecular flexibility index (Phi) is 7.77. The summed E-state index contributed by atoms with van der Waals surface area (Å²) in [4.78, 5) is 18.6. The highest BCUT2D eigenvalue weighted by Crippen LogP contribution is 2.21. The van der Waals surface area contributed by atoms with E-state index in [9.17, 15) is 9.90 Å². The highest BCUT2D eigenvalue weighted by atomic mass is 32.1. The Morgan fingerprint density at radius 1 is 1.20 bits per heavy atom. The maximum absolute atomic E-state index is 11.2. The molecule has 0 unspecified atom stereocenters. The van der Waals surface area contributed by atoms with Gasteiger partial charge in [0.05, 0.1) is 10.7 Å². The Morgan fingerprint density at radius 2 is 1.95 bits per heavy atom. The van der Waals surface area contributed by atoms with Crippen LogP contribution in [0.15, 0.2) is 0 Å². The van der Waals surface area contributed by atoms with Crippen molar-refractivity contribution in [3.63, 3.8) is 0 Å². The van der Waals surface area contributed by atoms with Gasteiger partial charge in [0.15, 0.2) is 0 Å². The van der Waals surface area contributed by atoms with Gasteiger partial charge in [0.25, 0.3) is 0 Å². The summed E-state index contributed by atoms with van der Waals surface area (Å²) in [5.41, 5.74) is 0.761. The number of nitrogens with zero attached hydrogens (tertiary/aromatic N) is 2. The Morgan fingerprint density at radius 3 is 2.50 bits per heavy atom. The van der Waals surface area contributed by atoms with Crippen molar-refractivity contribution >= 4 is 17.3 Å². The van der Waals surface area contributed by atoms with Crippen LogP contribution in [0.2, 0.25) is 0 Å². The molecule has 0 aliphatic heterocycles. The molecule has 114 valence electrons. The average Bonchev–Trinajstić information content (AvgIpc) is 2.83. The molecule has 0 aliphatic carbocycles. The zero-order valence-corrected chi connectivity index (χ0v) is 13.6. The van der Waals surface area contributed by atoms with E-state index in [1.165, 1.54) is 24.2 Å². The number of carboxylic acids is 1. The SMILES string of the molecule is CCCCN(CC)CCc1nc(CCC)c(C(=O)O)s1. The first-order valence-electron chi connectivity index (χ1n) is 7.56. The lowest BCUT2D eigenvalue weighted by atomic mass is 10.2. The van der Waals surface area contributed by atoms with Crippen molar-refractivity contribution in [2.75, 3.05) is 19.6 Å². The summed E-state index contributed by atoms with van der Waals surface area (Å²) >= 11 is 1.35. The van der Waals surface area contributed by atoms with Crippen LogP contribution < -0.4 is 0 Å². The lowest BCUT2D eigenvalue weighted by Crippen LogP contribution is -2.26. The summed E-state index contributed by atoms with van der Waals surface area (Å²) in [5.74, 6) is -0.837. The van der Waals surface area contributed by atoms with E-state index in [1.807, 2.05) is 6.92 Å². The summed E-state index contributed by atoms with van der Waals surface area (Å²) in [6.07, 6.45) is 4.96. The van der Waals surface area contributed by atoms with Crippen molar-refractivity contribution in [2.45, 2.75) is 52.9 Å². The van der Waals surface area contributed by atoms with E-state index in [1.54, 1.807) is 0 Å². The molecular weight excluding hydrogens is 272 g/mol. The monoisotopic (exact) mass is 298 g/mol. The molecule has 0 bridgehead atoms. The van der Waals surface area contributed by atoms with Crippen LogP contribution in [0, 0.1) is 0 Å². The van der Waals surface area contributed by atoms with Gasteiger partial charge in [0.2, 0.25) is 0 Å². The maximum atomic E-state index is 11.2. The number of thiazole rings is 1. The van der Waals surface area contributed by atoms with Gasteiger partial charge in [-0.2, -0.15) is 0 Å². The molecule has 1 rings (SSSR count). The molecule has 0 radical (unpaired) electrons. The van der Waals surface area contributed by atoms with Crippen LogP contribution in [0.1, 0.15) is 60.4 Å². The summed E-state index contributed by atoms with van der Waals surface area (Å²) < 4.78 is 0. The minimum absolute atomic E-state index is 0.429. The van der Waals surface area contributed by atoms with Crippen molar-refractivity contribution < 1.29 is 9.90 Å². The summed E-state index contributed by atoms with van der Waals surface area (Å²) in [5, 5.41) is 10.2. The molecule has 1 aromatic rings. The average molecular weight is 298 g/mol. The minimum atomic E-state index is -0.837. The second-order valence-corrected chi connectivity index (χ2v) is 6.06. The fourth-order valence-electron chi connectivity index (χ4n) is 2.14. The lowest BCUT2D eigenvalue weighted by Gasteiger charge is -2.19. The molecule has 5 heteroatoms. The molecule has 0 atom stereocenters. The fourth-order valence-corrected chi connectivity index (χ4v) is 3.08. The van der Waals surface area contributed by atoms with Crippen LogP contribution >= 0.6 is 11.3 Å². The van der Waals surface area contributed by atoms with E-state index in [0.717, 1.165) is 49.6 Å². The van der Waals surface area contributed by atoms with Crippen LogP contribution in [-0.2, 0) is 12.8 Å². The number of carbonyl (C=O) groups is 1. The predicted molar refractivity (Wildman–Crippen MR) is 83.8 cm³/mol. The molecule has 0 aliphatic rings. The Balaban J connectivity index is 2.63. The van der Waals surface area contributed by atoms with E-state index in [2.05, 4.69) is 23.7 Å². The standard InChI is InChI=1S/C15H26N2O2S/c1-4-7-10-17(6-3)11-9-13-16-12(8-5-2)14(20-13)15(18)19/h4-11H2,1-3H3,(H,18,19). The topological polar surface area (TPSA) is 53.4 Å². The number of hydrogen-bond acceptors (Lipinski definition) is 4. The molecule has 0 aromatic carbocycles. The second kappa shape index (κ2) is 9.08. The number of rotatable bonds is 10. The van der Waals surface area contributed by atoms with E-state index < -0.39 is 5.97 Å². The molecular formula is C15H26N2O2S. The third-order valence-corrected chi connectivity index (χ3v) is 4.49. The Hall–Kier alpha value is -0.940. The van der Waals surface area contributed by atoms with Crippen LogP contribution in [0.5, 0.6) is 0 Å². The Bertz CT molecular complexity index is 418. The third kappa shape index (κ3) is 5.21. The second-order valence-electron chi connectivity index (χ2n) is 4.98. The number of likely N-dealkylation sites (N-methyl/N-ethyl adjacent to an activating group) is 1. The van der Waals surface area contributed by atoms with Crippen molar-refractivity contribution in [3.8, 4) is 0 Å². The number of unbranched alkanes of at least 4 members (excludes halogenated alkanes) is 1. The molecule has 1 heterocycles. The van der Waals surface area contributed by atoms with Gasteiger partial charge in [-0.05, 0) is 25.9 Å². The number of aryl methyl sites for hydroxylation is 1. The first-order chi connectivity index (χ1) is 9.62. The fraction of sp³-hybridized carbons (Fsp3) is 0.733. The molecule has 20 heavy (non-hydrogen) atoms. The van der Waals surface area contributed by atoms with Gasteiger partial charge < -0.3 is 10.0 Å². The number of aromatic carboxylic acids is 1. The van der Waals surface area contributed by atoms with E-state index >= 15 is 0 Å². The van der Waals surface area contributed by atoms with Crippen LogP contribution in [0.4, 0.5) is 0 Å². The van der Waals surface area contributed by atoms with Gasteiger partial charge >= 0.3 is 5.97 Å². The highest BCUT2D eigenvalue weighted by Gasteiger charge is 2.16. The largest absolute Gasteiger partial charge is 0.477 e. The van der Waals surface area contributed by atoms with E-state index in [0.29, 0.717) is 4.88 Å². The number of carboxylic acid groups (broad SMARTS) is 1. The third-order valence-electron chi connectivity index (χ3n) is 3.34. The van der Waals surface area contributed by atoms with Crippen LogP contribution in [0.25, 0.3) is 0 Å². The van der Waals surface area contributed by atoms with Crippen LogP contribution in [-0.4, -0.2) is 40.6 Å². The molecule has 4 nitrogen and oxygen atoms in total. The van der Waals surface area contributed by atoms with Crippen molar-refractivity contribution in [1.82, 2.24) is 9.88 Å². The molecule has 0 saturated heterocycles. The van der Waals surface area contributed by atoms with Gasteiger partial charge in [-0.1, -0.05) is 33.6 Å². The lowest BCUT2D eigenvalue weighted by molar-refractivity contribution is 0.0700. The van der Waals surface area contributed by atoms with Gasteiger partial charge in [0.1, 0.15) is 4.88 Å². The van der Waals surface area contributed by atoms with E-state index in [4.69, 9.17) is 0 Å². The predicted octanol–water partition coefficient (Wildman–Crippen LogP) is 3.46. The zero-order chi connectivity index (χ0) is 15.0. The van der Waals surface area contributed by atoms with E-state index in [-0.39, 0.29) is 0 Å². The summed E-state index contributed by atoms with van der Waals surface area (Å²) in [6.45, 7) is 9.54. The minimum Gasteiger partial charge on any atom is -0.477 e. The molecule has 1 aromatic heterocycles. The first kappa shape index (κ1) is 17.1. The van der Waals surface area contributed by atoms with Crippen molar-refractivity contribution in [3.05, 3.63) is 15.6 Å². The Labute approximate surface area is 125 Å². The summed E-state index contributed by atoms with van der Waals surface area (Å²) in [6, 6.07) is 0. The summed E-state index contributed by atoms with van der Waals surface area (Å²) in [7, 11) is 0. The normalized spacial score (nSPS) is 11.2. The molecule has 1 N–H and O–H groups in total. The van der Waals surface area contributed by atoms with Crippen molar-refractivity contribution in [2.24, 2.45) is 0 Å². The van der Waals surface area contributed by atoms with Crippen LogP contribution in [0.3, 0.4) is 0 Å². The van der Waals surface area contributed by atoms with Gasteiger partial charge in [-0.15, -0.1) is 11.3 Å². The smallest absolute Gasteiger partial charge is 0.347 e. The maximum Gasteiger partial charge on any atom is 0.347 e. The highest BCUT2D eigenvalue weighted by molar-refractivity contribution is 7.13. The molecule has 0 spiro atoms. The molecule has 0 fully saturated rings. The van der Waals surface area contributed by atoms with Crippen molar-refractivity contribution in [1.29, 1.82) is 0 Å². The van der Waals surface area contributed by atoms with Gasteiger partial charge in [-0.25, -0.2) is 9.78 Å². The molecule has 0 saturated carbocycles. The number of hydrogen-bond donors (Lipinski definition) is 1.